The molecule has 56 valence electrons. The summed E-state index contributed by atoms with van der Waals surface area (Å²) < 4.78 is 0. The average molecular weight is 157 g/mol. The molecule has 0 aliphatic rings. The number of thioether (sulfide) groups is 1. The molecule has 0 N–H and O–H groups in total. The van der Waals surface area contributed by atoms with Gasteiger partial charge in [0.15, 0.2) is 0 Å². The van der Waals surface area contributed by atoms with Crippen molar-refractivity contribution in [1.29, 1.82) is 5.26 Å². The maximum Gasteiger partial charge on any atom is 0.208 e. The van der Waals surface area contributed by atoms with Crippen LogP contribution < -0.4 is 0 Å². The minimum Gasteiger partial charge on any atom is -0.285 e. The van der Waals surface area contributed by atoms with Gasteiger partial charge in [0.1, 0.15) is 5.40 Å². The Morgan fingerprint density at radius 3 is 2.50 bits per heavy atom. The molecule has 3 heteroatoms. The van der Waals surface area contributed by atoms with E-state index in [-0.39, 0.29) is 10.5 Å². The lowest BCUT2D eigenvalue weighted by Gasteiger charge is -2.17. The van der Waals surface area contributed by atoms with E-state index in [4.69, 9.17) is 5.26 Å². The molecule has 0 aromatic carbocycles. The highest BCUT2D eigenvalue weighted by Gasteiger charge is 2.25. The Balaban J connectivity index is 4.08. The molecule has 0 aromatic rings. The third kappa shape index (κ3) is 2.40. The van der Waals surface area contributed by atoms with E-state index >= 15 is 0 Å². The molecule has 0 rings (SSSR count). The van der Waals surface area contributed by atoms with Gasteiger partial charge in [-0.05, 0) is 6.42 Å². The number of nitriles is 1. The van der Waals surface area contributed by atoms with Crippen molar-refractivity contribution in [3.8, 4) is 5.40 Å². The molecular formula is C7H11NOS. The third-order valence-electron chi connectivity index (χ3n) is 1.57. The molecule has 0 unspecified atom stereocenters. The second-order valence-electron chi connectivity index (χ2n) is 2.72. The van der Waals surface area contributed by atoms with Crippen LogP contribution in [0.2, 0.25) is 0 Å². The number of rotatable bonds is 2. The van der Waals surface area contributed by atoms with Gasteiger partial charge in [0.2, 0.25) is 5.12 Å². The first-order valence-corrected chi connectivity index (χ1v) is 3.96. The molecule has 2 nitrogen and oxygen atoms in total. The predicted octanol–water partition coefficient (Wildman–Crippen LogP) is 2.16. The standard InChI is InChI=1S/C7H11NOS/c1-4-7(2,3)6(9)10-5-8/h4H2,1-3H3. The van der Waals surface area contributed by atoms with Crippen molar-refractivity contribution >= 4 is 16.9 Å². The lowest BCUT2D eigenvalue weighted by molar-refractivity contribution is -0.118. The van der Waals surface area contributed by atoms with Crippen LogP contribution in [0.4, 0.5) is 0 Å². The van der Waals surface area contributed by atoms with E-state index < -0.39 is 0 Å². The van der Waals surface area contributed by atoms with Gasteiger partial charge in [-0.2, -0.15) is 5.26 Å². The van der Waals surface area contributed by atoms with Crippen molar-refractivity contribution in [2.75, 3.05) is 0 Å². The number of hydrogen-bond donors (Lipinski definition) is 0. The molecule has 0 fully saturated rings. The zero-order chi connectivity index (χ0) is 8.20. The van der Waals surface area contributed by atoms with Crippen LogP contribution in [0.1, 0.15) is 27.2 Å². The number of nitrogens with zero attached hydrogens (tertiary/aromatic N) is 1. The first-order chi connectivity index (χ1) is 4.54. The van der Waals surface area contributed by atoms with Crippen LogP contribution >= 0.6 is 11.8 Å². The second kappa shape index (κ2) is 3.62. The zero-order valence-corrected chi connectivity index (χ0v) is 7.29. The Morgan fingerprint density at radius 1 is 1.70 bits per heavy atom. The quantitative estimate of drug-likeness (QED) is 0.577. The van der Waals surface area contributed by atoms with Crippen molar-refractivity contribution in [3.05, 3.63) is 0 Å². The van der Waals surface area contributed by atoms with Gasteiger partial charge in [0, 0.05) is 17.2 Å². The zero-order valence-electron chi connectivity index (χ0n) is 6.47. The van der Waals surface area contributed by atoms with Gasteiger partial charge in [-0.1, -0.05) is 20.8 Å². The van der Waals surface area contributed by atoms with Crippen LogP contribution in [-0.2, 0) is 4.79 Å². The largest absolute Gasteiger partial charge is 0.285 e. The highest BCUT2D eigenvalue weighted by molar-refractivity contribution is 8.17. The molecule has 0 atom stereocenters. The molecule has 0 saturated carbocycles. The molecule has 0 radical (unpaired) electrons. The molecule has 0 aliphatic heterocycles. The van der Waals surface area contributed by atoms with E-state index in [1.54, 1.807) is 5.40 Å². The summed E-state index contributed by atoms with van der Waals surface area (Å²) in [6.45, 7) is 5.63. The normalized spacial score (nSPS) is 10.6. The molecular weight excluding hydrogens is 146 g/mol. The van der Waals surface area contributed by atoms with Crippen LogP contribution in [0, 0.1) is 16.1 Å². The summed E-state index contributed by atoms with van der Waals surface area (Å²) in [7, 11) is 0. The van der Waals surface area contributed by atoms with Crippen LogP contribution in [0.15, 0.2) is 0 Å². The number of hydrogen-bond acceptors (Lipinski definition) is 3. The number of carbonyl (C=O) groups excluding carboxylic acids is 1. The molecule has 0 heterocycles. The average Bonchev–Trinajstić information content (AvgIpc) is 1.89. The maximum atomic E-state index is 11.0. The third-order valence-corrected chi connectivity index (χ3v) is 2.40. The van der Waals surface area contributed by atoms with Crippen molar-refractivity contribution < 1.29 is 4.79 Å². The van der Waals surface area contributed by atoms with Gasteiger partial charge < -0.3 is 0 Å². The Bertz CT molecular complexity index is 169. The fourth-order valence-corrected chi connectivity index (χ4v) is 0.827. The Morgan fingerprint density at radius 2 is 2.20 bits per heavy atom. The van der Waals surface area contributed by atoms with E-state index in [0.29, 0.717) is 0 Å². The predicted molar refractivity (Wildman–Crippen MR) is 42.3 cm³/mol. The van der Waals surface area contributed by atoms with E-state index in [1.165, 1.54) is 0 Å². The molecule has 0 aromatic heterocycles. The molecule has 0 saturated heterocycles. The van der Waals surface area contributed by atoms with E-state index in [1.807, 2.05) is 20.8 Å². The summed E-state index contributed by atoms with van der Waals surface area (Å²) in [5, 5.41) is 9.92. The monoisotopic (exact) mass is 157 g/mol. The summed E-state index contributed by atoms with van der Waals surface area (Å²) in [6, 6.07) is 0. The molecule has 0 spiro atoms. The Kier molecular flexibility index (Phi) is 3.45. The lowest BCUT2D eigenvalue weighted by atomic mass is 9.92. The summed E-state index contributed by atoms with van der Waals surface area (Å²) in [5.74, 6) is 0. The summed E-state index contributed by atoms with van der Waals surface area (Å²) in [5.41, 5.74) is -0.347. The topological polar surface area (TPSA) is 40.9 Å². The first kappa shape index (κ1) is 9.51. The second-order valence-corrected chi connectivity index (χ2v) is 3.48. The van der Waals surface area contributed by atoms with Crippen LogP contribution in [0.3, 0.4) is 0 Å². The van der Waals surface area contributed by atoms with E-state index in [0.717, 1.165) is 18.2 Å². The number of carbonyl (C=O) groups is 1. The summed E-state index contributed by atoms with van der Waals surface area (Å²) in [6.07, 6.45) is 0.778. The summed E-state index contributed by atoms with van der Waals surface area (Å²) >= 11 is 0.729. The smallest absolute Gasteiger partial charge is 0.208 e. The Hall–Kier alpha value is -0.490. The van der Waals surface area contributed by atoms with Crippen molar-refractivity contribution in [2.24, 2.45) is 5.41 Å². The van der Waals surface area contributed by atoms with Gasteiger partial charge in [-0.25, -0.2) is 0 Å². The highest BCUT2D eigenvalue weighted by Crippen LogP contribution is 2.26. The van der Waals surface area contributed by atoms with Crippen LogP contribution in [0.5, 0.6) is 0 Å². The van der Waals surface area contributed by atoms with Crippen LogP contribution in [-0.4, -0.2) is 5.12 Å². The molecule has 0 bridgehead atoms. The maximum absolute atomic E-state index is 11.0. The Labute approximate surface area is 65.6 Å². The molecule has 0 amide bonds. The summed E-state index contributed by atoms with van der Waals surface area (Å²) in [4.78, 5) is 11.0. The minimum atomic E-state index is -0.347. The number of thiocyanates is 1. The fourth-order valence-electron chi connectivity index (χ4n) is 0.324. The van der Waals surface area contributed by atoms with Gasteiger partial charge in [0.25, 0.3) is 0 Å². The lowest BCUT2D eigenvalue weighted by Crippen LogP contribution is -2.19. The van der Waals surface area contributed by atoms with Crippen LogP contribution in [0.25, 0.3) is 0 Å². The highest BCUT2D eigenvalue weighted by atomic mass is 32.2. The SMILES string of the molecule is CCC(C)(C)C(=O)SC#N. The van der Waals surface area contributed by atoms with Crippen molar-refractivity contribution in [3.63, 3.8) is 0 Å². The van der Waals surface area contributed by atoms with Gasteiger partial charge in [-0.3, -0.25) is 4.79 Å². The minimum absolute atomic E-state index is 0.0440. The molecule has 10 heavy (non-hydrogen) atoms. The first-order valence-electron chi connectivity index (χ1n) is 3.15. The van der Waals surface area contributed by atoms with E-state index in [9.17, 15) is 4.79 Å². The molecule has 0 aliphatic carbocycles. The van der Waals surface area contributed by atoms with Crippen molar-refractivity contribution in [2.45, 2.75) is 27.2 Å². The van der Waals surface area contributed by atoms with Gasteiger partial charge in [0.05, 0.1) is 0 Å². The fraction of sp³-hybridized carbons (Fsp3) is 0.714. The van der Waals surface area contributed by atoms with Crippen molar-refractivity contribution in [1.82, 2.24) is 0 Å². The van der Waals surface area contributed by atoms with Gasteiger partial charge >= 0.3 is 0 Å². The van der Waals surface area contributed by atoms with Gasteiger partial charge in [-0.15, -0.1) is 0 Å². The van der Waals surface area contributed by atoms with E-state index in [2.05, 4.69) is 0 Å².